The van der Waals surface area contributed by atoms with Crippen molar-refractivity contribution in [1.29, 1.82) is 0 Å². The van der Waals surface area contributed by atoms with E-state index in [9.17, 15) is 9.59 Å². The standard InChI is InChI=1S/C18H21N3O3/c1-2-3-9-20-17(23)13-6-4-5-12-15(21(19)10-11-22)8-7-14(16(12)13)18(20)24/h4-8,22H,2-3,9-11,19H2,1H3. The van der Waals surface area contributed by atoms with Crippen LogP contribution < -0.4 is 10.9 Å². The van der Waals surface area contributed by atoms with Crippen LogP contribution in [0.2, 0.25) is 0 Å². The van der Waals surface area contributed by atoms with E-state index in [0.29, 0.717) is 28.7 Å². The van der Waals surface area contributed by atoms with Crippen molar-refractivity contribution < 1.29 is 14.7 Å². The maximum absolute atomic E-state index is 12.7. The van der Waals surface area contributed by atoms with Crippen molar-refractivity contribution in [2.24, 2.45) is 5.84 Å². The van der Waals surface area contributed by atoms with Crippen LogP contribution in [0, 0.1) is 0 Å². The lowest BCUT2D eigenvalue weighted by atomic mass is 9.92. The number of hydrogen-bond acceptors (Lipinski definition) is 5. The van der Waals surface area contributed by atoms with Gasteiger partial charge in [0.2, 0.25) is 0 Å². The molecule has 0 saturated heterocycles. The summed E-state index contributed by atoms with van der Waals surface area (Å²) in [4.78, 5) is 26.8. The zero-order valence-corrected chi connectivity index (χ0v) is 13.7. The Hall–Kier alpha value is -2.44. The molecule has 0 radical (unpaired) electrons. The number of benzene rings is 2. The maximum Gasteiger partial charge on any atom is 0.261 e. The Labute approximate surface area is 140 Å². The van der Waals surface area contributed by atoms with Gasteiger partial charge in [0.05, 0.1) is 18.8 Å². The summed E-state index contributed by atoms with van der Waals surface area (Å²) in [5, 5.41) is 11.9. The Kier molecular flexibility index (Phi) is 4.51. The molecule has 6 heteroatoms. The van der Waals surface area contributed by atoms with Gasteiger partial charge in [-0.15, -0.1) is 0 Å². The number of unbranched alkanes of at least 4 members (excludes halogenated alkanes) is 1. The second-order valence-corrected chi connectivity index (χ2v) is 5.89. The minimum absolute atomic E-state index is 0.0813. The lowest BCUT2D eigenvalue weighted by Crippen LogP contribution is -2.41. The highest BCUT2D eigenvalue weighted by Crippen LogP contribution is 2.35. The molecule has 1 aliphatic rings. The Morgan fingerprint density at radius 1 is 1.12 bits per heavy atom. The molecular weight excluding hydrogens is 306 g/mol. The highest BCUT2D eigenvalue weighted by molar-refractivity contribution is 6.26. The van der Waals surface area contributed by atoms with Crippen molar-refractivity contribution >= 4 is 28.3 Å². The predicted octanol–water partition coefficient (Wildman–Crippen LogP) is 1.91. The molecule has 2 amide bonds. The van der Waals surface area contributed by atoms with E-state index in [-0.39, 0.29) is 25.0 Å². The molecule has 1 aliphatic heterocycles. The molecule has 0 atom stereocenters. The van der Waals surface area contributed by atoms with Crippen LogP contribution in [-0.4, -0.2) is 41.5 Å². The number of aliphatic hydroxyl groups excluding tert-OH is 1. The summed E-state index contributed by atoms with van der Waals surface area (Å²) in [6.45, 7) is 2.64. The van der Waals surface area contributed by atoms with E-state index in [4.69, 9.17) is 10.9 Å². The van der Waals surface area contributed by atoms with Crippen LogP contribution in [0.1, 0.15) is 40.5 Å². The molecule has 0 fully saturated rings. The summed E-state index contributed by atoms with van der Waals surface area (Å²) in [5.41, 5.74) is 1.74. The number of nitrogens with zero attached hydrogens (tertiary/aromatic N) is 2. The van der Waals surface area contributed by atoms with Gasteiger partial charge >= 0.3 is 0 Å². The fourth-order valence-corrected chi connectivity index (χ4v) is 3.13. The van der Waals surface area contributed by atoms with Gasteiger partial charge < -0.3 is 10.1 Å². The van der Waals surface area contributed by atoms with E-state index in [0.717, 1.165) is 18.2 Å². The summed E-state index contributed by atoms with van der Waals surface area (Å²) >= 11 is 0. The number of carbonyl (C=O) groups is 2. The number of anilines is 1. The van der Waals surface area contributed by atoms with Gasteiger partial charge in [-0.05, 0) is 24.6 Å². The minimum Gasteiger partial charge on any atom is -0.394 e. The zero-order chi connectivity index (χ0) is 17.3. The van der Waals surface area contributed by atoms with Crippen molar-refractivity contribution in [3.8, 4) is 0 Å². The first-order valence-corrected chi connectivity index (χ1v) is 8.15. The summed E-state index contributed by atoms with van der Waals surface area (Å²) in [6.07, 6.45) is 1.70. The first kappa shape index (κ1) is 16.4. The van der Waals surface area contributed by atoms with Crippen molar-refractivity contribution in [3.63, 3.8) is 0 Å². The van der Waals surface area contributed by atoms with Gasteiger partial charge in [-0.1, -0.05) is 25.5 Å². The van der Waals surface area contributed by atoms with E-state index in [1.54, 1.807) is 24.3 Å². The number of amides is 2. The number of carbonyl (C=O) groups excluding carboxylic acids is 2. The lowest BCUT2D eigenvalue weighted by molar-refractivity contribution is 0.0608. The molecule has 1 heterocycles. The normalized spacial score (nSPS) is 13.7. The fraction of sp³-hybridized carbons (Fsp3) is 0.333. The van der Waals surface area contributed by atoms with Crippen LogP contribution in [0.25, 0.3) is 10.8 Å². The third kappa shape index (κ3) is 2.53. The number of rotatable bonds is 6. The van der Waals surface area contributed by atoms with E-state index >= 15 is 0 Å². The van der Waals surface area contributed by atoms with E-state index < -0.39 is 0 Å². The average Bonchev–Trinajstić information content (AvgIpc) is 2.59. The molecule has 0 aliphatic carbocycles. The Morgan fingerprint density at radius 3 is 2.50 bits per heavy atom. The largest absolute Gasteiger partial charge is 0.394 e. The third-order valence-corrected chi connectivity index (χ3v) is 4.35. The Morgan fingerprint density at radius 2 is 1.83 bits per heavy atom. The fourth-order valence-electron chi connectivity index (χ4n) is 3.13. The molecule has 2 aromatic carbocycles. The SMILES string of the molecule is CCCCN1C(=O)c2cccc3c(N(N)CCO)ccc(c23)C1=O. The van der Waals surface area contributed by atoms with Crippen LogP contribution in [0.15, 0.2) is 30.3 Å². The average molecular weight is 327 g/mol. The molecule has 126 valence electrons. The molecular formula is C18H21N3O3. The van der Waals surface area contributed by atoms with Gasteiger partial charge in [0.15, 0.2) is 0 Å². The zero-order valence-electron chi connectivity index (χ0n) is 13.7. The molecule has 6 nitrogen and oxygen atoms in total. The van der Waals surface area contributed by atoms with Crippen molar-refractivity contribution in [1.82, 2.24) is 4.90 Å². The Bertz CT molecular complexity index is 781. The van der Waals surface area contributed by atoms with Crippen molar-refractivity contribution in [2.75, 3.05) is 24.7 Å². The van der Waals surface area contributed by atoms with Crippen LogP contribution >= 0.6 is 0 Å². The van der Waals surface area contributed by atoms with Gasteiger partial charge in [-0.3, -0.25) is 14.5 Å². The second kappa shape index (κ2) is 6.59. The number of aliphatic hydroxyl groups is 1. The third-order valence-electron chi connectivity index (χ3n) is 4.35. The summed E-state index contributed by atoms with van der Waals surface area (Å²) in [5.74, 6) is 5.48. The lowest BCUT2D eigenvalue weighted by Gasteiger charge is -2.29. The van der Waals surface area contributed by atoms with Crippen LogP contribution in [0.5, 0.6) is 0 Å². The first-order valence-electron chi connectivity index (χ1n) is 8.15. The van der Waals surface area contributed by atoms with Gasteiger partial charge in [-0.25, -0.2) is 5.84 Å². The molecule has 2 aromatic rings. The minimum atomic E-state index is -0.255. The van der Waals surface area contributed by atoms with Gasteiger partial charge in [-0.2, -0.15) is 0 Å². The van der Waals surface area contributed by atoms with Gasteiger partial charge in [0, 0.05) is 28.4 Å². The summed E-state index contributed by atoms with van der Waals surface area (Å²) < 4.78 is 0. The van der Waals surface area contributed by atoms with Crippen LogP contribution in [-0.2, 0) is 0 Å². The molecule has 0 spiro atoms. The first-order chi connectivity index (χ1) is 11.6. The van der Waals surface area contributed by atoms with Crippen molar-refractivity contribution in [2.45, 2.75) is 19.8 Å². The molecule has 0 unspecified atom stereocenters. The number of hydrazine groups is 1. The highest BCUT2D eigenvalue weighted by atomic mass is 16.3. The molecule has 0 saturated carbocycles. The van der Waals surface area contributed by atoms with E-state index in [1.807, 2.05) is 13.0 Å². The monoisotopic (exact) mass is 327 g/mol. The van der Waals surface area contributed by atoms with Crippen LogP contribution in [0.4, 0.5) is 5.69 Å². The smallest absolute Gasteiger partial charge is 0.261 e. The number of imide groups is 1. The molecule has 3 N–H and O–H groups in total. The summed E-state index contributed by atoms with van der Waals surface area (Å²) in [7, 11) is 0. The maximum atomic E-state index is 12.7. The van der Waals surface area contributed by atoms with Crippen LogP contribution in [0.3, 0.4) is 0 Å². The predicted molar refractivity (Wildman–Crippen MR) is 92.8 cm³/mol. The van der Waals surface area contributed by atoms with E-state index in [2.05, 4.69) is 0 Å². The van der Waals surface area contributed by atoms with Gasteiger partial charge in [0.25, 0.3) is 11.8 Å². The second-order valence-electron chi connectivity index (χ2n) is 5.89. The van der Waals surface area contributed by atoms with Crippen molar-refractivity contribution in [3.05, 3.63) is 41.5 Å². The molecule has 24 heavy (non-hydrogen) atoms. The quantitative estimate of drug-likeness (QED) is 0.481. The summed E-state index contributed by atoms with van der Waals surface area (Å²) in [6, 6.07) is 8.87. The molecule has 0 bridgehead atoms. The van der Waals surface area contributed by atoms with Gasteiger partial charge in [0.1, 0.15) is 0 Å². The topological polar surface area (TPSA) is 86.9 Å². The molecule has 0 aromatic heterocycles. The number of hydrogen-bond donors (Lipinski definition) is 2. The van der Waals surface area contributed by atoms with E-state index in [1.165, 1.54) is 9.91 Å². The number of nitrogens with two attached hydrogens (primary N) is 1. The highest BCUT2D eigenvalue weighted by Gasteiger charge is 2.33. The Balaban J connectivity index is 2.16. The molecule has 3 rings (SSSR count).